The zero-order valence-electron chi connectivity index (χ0n) is 15.7. The second kappa shape index (κ2) is 7.88. The lowest BCUT2D eigenvalue weighted by Gasteiger charge is -2.36. The molecule has 2 rings (SSSR count). The number of carbonyl (C=O) groups excluding carboxylic acids is 1. The molecule has 0 radical (unpaired) electrons. The van der Waals surface area contributed by atoms with Gasteiger partial charge >= 0.3 is 6.09 Å². The van der Waals surface area contributed by atoms with E-state index in [-0.39, 0.29) is 17.7 Å². The molecule has 1 atom stereocenters. The van der Waals surface area contributed by atoms with E-state index in [9.17, 15) is 19.3 Å². The molecule has 1 aliphatic heterocycles. The monoisotopic (exact) mass is 367 g/mol. The van der Waals surface area contributed by atoms with Gasteiger partial charge in [-0.1, -0.05) is 0 Å². The second-order valence-corrected chi connectivity index (χ2v) is 7.71. The molecule has 0 aromatic heterocycles. The summed E-state index contributed by atoms with van der Waals surface area (Å²) in [7, 11) is 1.69. The summed E-state index contributed by atoms with van der Waals surface area (Å²) in [6, 6.07) is 3.64. The van der Waals surface area contributed by atoms with Crippen LogP contribution in [0.3, 0.4) is 0 Å². The zero-order chi connectivity index (χ0) is 19.5. The summed E-state index contributed by atoms with van der Waals surface area (Å²) >= 11 is 0. The van der Waals surface area contributed by atoms with Crippen LogP contribution in [0.5, 0.6) is 0 Å². The van der Waals surface area contributed by atoms with E-state index >= 15 is 0 Å². The number of nitro groups is 1. The fourth-order valence-corrected chi connectivity index (χ4v) is 3.14. The van der Waals surface area contributed by atoms with Crippen LogP contribution in [0.25, 0.3) is 0 Å². The van der Waals surface area contributed by atoms with Gasteiger partial charge < -0.3 is 14.5 Å². The van der Waals surface area contributed by atoms with Gasteiger partial charge in [-0.25, -0.2) is 9.18 Å². The van der Waals surface area contributed by atoms with Crippen LogP contribution in [0.15, 0.2) is 18.2 Å². The molecule has 1 amide bonds. The van der Waals surface area contributed by atoms with Gasteiger partial charge in [0.1, 0.15) is 17.1 Å². The minimum atomic E-state index is -0.626. The highest BCUT2D eigenvalue weighted by Crippen LogP contribution is 2.32. The number of nitrogens with zero attached hydrogens (tertiary/aromatic N) is 3. The largest absolute Gasteiger partial charge is 0.444 e. The number of hydrogen-bond acceptors (Lipinski definition) is 5. The van der Waals surface area contributed by atoms with Gasteiger partial charge in [-0.2, -0.15) is 0 Å². The quantitative estimate of drug-likeness (QED) is 0.597. The average molecular weight is 367 g/mol. The van der Waals surface area contributed by atoms with Crippen molar-refractivity contribution in [1.29, 1.82) is 0 Å². The van der Waals surface area contributed by atoms with Crippen LogP contribution < -0.4 is 4.90 Å². The lowest BCUT2D eigenvalue weighted by atomic mass is 9.97. The molecule has 1 aliphatic rings. The van der Waals surface area contributed by atoms with Gasteiger partial charge in [0.15, 0.2) is 0 Å². The molecule has 7 nitrogen and oxygen atoms in total. The van der Waals surface area contributed by atoms with E-state index in [1.165, 1.54) is 12.1 Å². The van der Waals surface area contributed by atoms with Gasteiger partial charge in [0.05, 0.1) is 11.0 Å². The van der Waals surface area contributed by atoms with Crippen molar-refractivity contribution in [1.82, 2.24) is 4.90 Å². The first-order chi connectivity index (χ1) is 12.1. The average Bonchev–Trinajstić information content (AvgIpc) is 2.53. The third-order valence-corrected chi connectivity index (χ3v) is 4.23. The first kappa shape index (κ1) is 19.9. The molecular weight excluding hydrogens is 341 g/mol. The van der Waals surface area contributed by atoms with Crippen molar-refractivity contribution in [3.05, 3.63) is 34.1 Å². The fourth-order valence-electron chi connectivity index (χ4n) is 3.14. The Kier molecular flexibility index (Phi) is 6.05. The molecule has 1 saturated heterocycles. The van der Waals surface area contributed by atoms with Gasteiger partial charge in [-0.05, 0) is 51.7 Å². The van der Waals surface area contributed by atoms with Crippen molar-refractivity contribution in [3.63, 3.8) is 0 Å². The maximum Gasteiger partial charge on any atom is 0.410 e. The van der Waals surface area contributed by atoms with Crippen molar-refractivity contribution < 1.29 is 18.8 Å². The Morgan fingerprint density at radius 3 is 2.77 bits per heavy atom. The molecule has 8 heteroatoms. The molecule has 1 fully saturated rings. The zero-order valence-corrected chi connectivity index (χ0v) is 15.7. The van der Waals surface area contributed by atoms with Crippen LogP contribution in [-0.4, -0.2) is 48.2 Å². The molecule has 144 valence electrons. The second-order valence-electron chi connectivity index (χ2n) is 7.71. The Bertz CT molecular complexity index is 675. The van der Waals surface area contributed by atoms with Crippen molar-refractivity contribution in [2.24, 2.45) is 5.92 Å². The van der Waals surface area contributed by atoms with Crippen LogP contribution in [0.1, 0.15) is 33.6 Å². The molecule has 1 aromatic rings. The Morgan fingerprint density at radius 1 is 1.46 bits per heavy atom. The van der Waals surface area contributed by atoms with Crippen LogP contribution in [0, 0.1) is 21.8 Å². The van der Waals surface area contributed by atoms with E-state index in [1.54, 1.807) is 11.9 Å². The van der Waals surface area contributed by atoms with E-state index in [0.717, 1.165) is 18.9 Å². The normalized spacial score (nSPS) is 17.7. The first-order valence-corrected chi connectivity index (χ1v) is 8.70. The van der Waals surface area contributed by atoms with Crippen molar-refractivity contribution in [2.45, 2.75) is 39.2 Å². The SMILES string of the molecule is CN(CC1CCCN(c2ccc(F)cc2[N+](=O)[O-])C1)C(=O)OC(C)(C)C. The molecule has 1 unspecified atom stereocenters. The van der Waals surface area contributed by atoms with Crippen LogP contribution in [0.4, 0.5) is 20.6 Å². The molecule has 1 aromatic carbocycles. The highest BCUT2D eigenvalue weighted by molar-refractivity contribution is 5.68. The Labute approximate surface area is 152 Å². The standard InChI is InChI=1S/C18H26FN3O4/c1-18(2,3)26-17(23)20(4)11-13-6-5-9-21(12-13)15-8-7-14(19)10-16(15)22(24)25/h7-8,10,13H,5-6,9,11-12H2,1-4H3. The van der Waals surface area contributed by atoms with Crippen LogP contribution in [0.2, 0.25) is 0 Å². The number of piperidine rings is 1. The summed E-state index contributed by atoms with van der Waals surface area (Å²) in [6.07, 6.45) is 1.38. The van der Waals surface area contributed by atoms with E-state index in [2.05, 4.69) is 0 Å². The van der Waals surface area contributed by atoms with E-state index in [0.29, 0.717) is 25.3 Å². The van der Waals surface area contributed by atoms with E-state index in [4.69, 9.17) is 4.74 Å². The lowest BCUT2D eigenvalue weighted by molar-refractivity contribution is -0.384. The van der Waals surface area contributed by atoms with Crippen LogP contribution >= 0.6 is 0 Å². The first-order valence-electron chi connectivity index (χ1n) is 8.70. The van der Waals surface area contributed by atoms with Gasteiger partial charge in [0.2, 0.25) is 0 Å². The maximum atomic E-state index is 13.4. The number of rotatable bonds is 4. The van der Waals surface area contributed by atoms with Crippen LogP contribution in [-0.2, 0) is 4.74 Å². The minimum absolute atomic E-state index is 0.158. The number of ether oxygens (including phenoxy) is 1. The number of anilines is 1. The molecule has 0 N–H and O–H groups in total. The van der Waals surface area contributed by atoms with Gasteiger partial charge in [-0.15, -0.1) is 0 Å². The number of hydrogen-bond donors (Lipinski definition) is 0. The predicted molar refractivity (Wildman–Crippen MR) is 96.9 cm³/mol. The number of amides is 1. The number of benzene rings is 1. The Hall–Kier alpha value is -2.38. The summed E-state index contributed by atoms with van der Waals surface area (Å²) < 4.78 is 18.7. The third-order valence-electron chi connectivity index (χ3n) is 4.23. The summed E-state index contributed by atoms with van der Waals surface area (Å²) in [5, 5.41) is 11.2. The summed E-state index contributed by atoms with van der Waals surface area (Å²) in [5.41, 5.74) is -0.370. The highest BCUT2D eigenvalue weighted by Gasteiger charge is 2.28. The maximum absolute atomic E-state index is 13.4. The molecule has 0 bridgehead atoms. The van der Waals surface area contributed by atoms with E-state index < -0.39 is 16.3 Å². The summed E-state index contributed by atoms with van der Waals surface area (Å²) in [6.45, 7) is 7.18. The third kappa shape index (κ3) is 5.31. The summed E-state index contributed by atoms with van der Waals surface area (Å²) in [5.74, 6) is -0.468. The highest BCUT2D eigenvalue weighted by atomic mass is 19.1. The van der Waals surface area contributed by atoms with E-state index in [1.807, 2.05) is 25.7 Å². The Morgan fingerprint density at radius 2 is 2.15 bits per heavy atom. The molecule has 0 saturated carbocycles. The summed E-state index contributed by atoms with van der Waals surface area (Å²) in [4.78, 5) is 26.2. The molecule has 1 heterocycles. The molecule has 0 aliphatic carbocycles. The Balaban J connectivity index is 2.06. The predicted octanol–water partition coefficient (Wildman–Crippen LogP) is 3.82. The number of halogens is 1. The van der Waals surface area contributed by atoms with Crippen molar-refractivity contribution >= 4 is 17.5 Å². The fraction of sp³-hybridized carbons (Fsp3) is 0.611. The number of carbonyl (C=O) groups is 1. The van der Waals surface area contributed by atoms with Gasteiger partial charge in [0.25, 0.3) is 5.69 Å². The van der Waals surface area contributed by atoms with Gasteiger partial charge in [0, 0.05) is 26.7 Å². The minimum Gasteiger partial charge on any atom is -0.444 e. The molecule has 0 spiro atoms. The topological polar surface area (TPSA) is 75.9 Å². The smallest absolute Gasteiger partial charge is 0.410 e. The van der Waals surface area contributed by atoms with Crippen molar-refractivity contribution in [3.8, 4) is 0 Å². The van der Waals surface area contributed by atoms with Gasteiger partial charge in [-0.3, -0.25) is 10.1 Å². The molecule has 26 heavy (non-hydrogen) atoms. The van der Waals surface area contributed by atoms with Crippen molar-refractivity contribution in [2.75, 3.05) is 31.6 Å². The number of nitro benzene ring substituents is 1. The molecular formula is C18H26FN3O4. The lowest BCUT2D eigenvalue weighted by Crippen LogP contribution is -2.43.